The SMILES string of the molecule is C=Cc1cccc(C(=O)OC)c1CC. The Balaban J connectivity index is 3.28. The summed E-state index contributed by atoms with van der Waals surface area (Å²) in [5.74, 6) is -0.287. The Morgan fingerprint density at radius 1 is 1.57 bits per heavy atom. The number of benzene rings is 1. The molecule has 1 rings (SSSR count). The van der Waals surface area contributed by atoms with E-state index in [4.69, 9.17) is 4.74 Å². The predicted molar refractivity (Wildman–Crippen MR) is 57.3 cm³/mol. The molecule has 0 heterocycles. The first kappa shape index (κ1) is 10.5. The number of hydrogen-bond donors (Lipinski definition) is 0. The number of esters is 1. The fourth-order valence-electron chi connectivity index (χ4n) is 1.49. The van der Waals surface area contributed by atoms with E-state index < -0.39 is 0 Å². The van der Waals surface area contributed by atoms with Crippen LogP contribution in [0.3, 0.4) is 0 Å². The highest BCUT2D eigenvalue weighted by Gasteiger charge is 2.11. The van der Waals surface area contributed by atoms with Crippen molar-refractivity contribution in [2.45, 2.75) is 13.3 Å². The van der Waals surface area contributed by atoms with Gasteiger partial charge in [-0.15, -0.1) is 0 Å². The summed E-state index contributed by atoms with van der Waals surface area (Å²) < 4.78 is 4.71. The predicted octanol–water partition coefficient (Wildman–Crippen LogP) is 2.68. The lowest BCUT2D eigenvalue weighted by Crippen LogP contribution is -2.06. The van der Waals surface area contributed by atoms with Gasteiger partial charge >= 0.3 is 5.97 Å². The van der Waals surface area contributed by atoms with Crippen LogP contribution in [0, 0.1) is 0 Å². The summed E-state index contributed by atoms with van der Waals surface area (Å²) in [6, 6.07) is 5.55. The molecular formula is C12H14O2. The first-order chi connectivity index (χ1) is 6.74. The van der Waals surface area contributed by atoms with Gasteiger partial charge in [0.15, 0.2) is 0 Å². The third-order valence-corrected chi connectivity index (χ3v) is 2.19. The number of rotatable bonds is 3. The van der Waals surface area contributed by atoms with E-state index in [0.29, 0.717) is 5.56 Å². The second kappa shape index (κ2) is 4.61. The maximum absolute atomic E-state index is 11.4. The molecule has 74 valence electrons. The average Bonchev–Trinajstić information content (AvgIpc) is 2.26. The van der Waals surface area contributed by atoms with Gasteiger partial charge < -0.3 is 4.74 Å². The molecule has 0 aromatic heterocycles. The van der Waals surface area contributed by atoms with Gasteiger partial charge in [-0.3, -0.25) is 0 Å². The van der Waals surface area contributed by atoms with E-state index in [2.05, 4.69) is 6.58 Å². The van der Waals surface area contributed by atoms with E-state index in [0.717, 1.165) is 17.5 Å². The summed E-state index contributed by atoms with van der Waals surface area (Å²) in [4.78, 5) is 11.4. The van der Waals surface area contributed by atoms with Gasteiger partial charge in [-0.1, -0.05) is 31.7 Å². The summed E-state index contributed by atoms with van der Waals surface area (Å²) in [5, 5.41) is 0. The van der Waals surface area contributed by atoms with Crippen LogP contribution in [0.15, 0.2) is 24.8 Å². The molecule has 0 fully saturated rings. The molecule has 0 aliphatic carbocycles. The first-order valence-electron chi connectivity index (χ1n) is 4.57. The monoisotopic (exact) mass is 190 g/mol. The van der Waals surface area contributed by atoms with Crippen molar-refractivity contribution >= 4 is 12.0 Å². The van der Waals surface area contributed by atoms with Crippen molar-refractivity contribution in [2.24, 2.45) is 0 Å². The highest BCUT2D eigenvalue weighted by atomic mass is 16.5. The molecule has 0 amide bonds. The zero-order chi connectivity index (χ0) is 10.6. The van der Waals surface area contributed by atoms with Gasteiger partial charge in [0.25, 0.3) is 0 Å². The van der Waals surface area contributed by atoms with E-state index in [1.54, 1.807) is 12.1 Å². The lowest BCUT2D eigenvalue weighted by Gasteiger charge is -2.08. The van der Waals surface area contributed by atoms with E-state index in [-0.39, 0.29) is 5.97 Å². The molecule has 0 atom stereocenters. The smallest absolute Gasteiger partial charge is 0.338 e. The van der Waals surface area contributed by atoms with Crippen LogP contribution < -0.4 is 0 Å². The molecule has 14 heavy (non-hydrogen) atoms. The quantitative estimate of drug-likeness (QED) is 0.685. The largest absolute Gasteiger partial charge is 0.465 e. The van der Waals surface area contributed by atoms with Gasteiger partial charge in [0.1, 0.15) is 0 Å². The molecule has 2 nitrogen and oxygen atoms in total. The molecule has 0 N–H and O–H groups in total. The number of hydrogen-bond acceptors (Lipinski definition) is 2. The third kappa shape index (κ3) is 1.84. The van der Waals surface area contributed by atoms with Crippen LogP contribution in [-0.4, -0.2) is 13.1 Å². The highest BCUT2D eigenvalue weighted by Crippen LogP contribution is 2.17. The Kier molecular flexibility index (Phi) is 3.46. The van der Waals surface area contributed by atoms with Crippen molar-refractivity contribution < 1.29 is 9.53 Å². The number of carbonyl (C=O) groups excluding carboxylic acids is 1. The molecule has 0 unspecified atom stereocenters. The normalized spacial score (nSPS) is 9.57. The summed E-state index contributed by atoms with van der Waals surface area (Å²) in [6.07, 6.45) is 2.55. The molecule has 0 radical (unpaired) electrons. The zero-order valence-electron chi connectivity index (χ0n) is 8.54. The second-order valence-electron chi connectivity index (χ2n) is 2.92. The Bertz CT molecular complexity index is 353. The van der Waals surface area contributed by atoms with Crippen LogP contribution in [-0.2, 0) is 11.2 Å². The van der Waals surface area contributed by atoms with Gasteiger partial charge in [-0.25, -0.2) is 4.79 Å². The van der Waals surface area contributed by atoms with Crippen LogP contribution in [0.2, 0.25) is 0 Å². The first-order valence-corrected chi connectivity index (χ1v) is 4.57. The van der Waals surface area contributed by atoms with Crippen molar-refractivity contribution in [3.05, 3.63) is 41.5 Å². The van der Waals surface area contributed by atoms with Crippen LogP contribution in [0.4, 0.5) is 0 Å². The van der Waals surface area contributed by atoms with Crippen molar-refractivity contribution in [3.8, 4) is 0 Å². The number of carbonyl (C=O) groups is 1. The van der Waals surface area contributed by atoms with Gasteiger partial charge in [-0.2, -0.15) is 0 Å². The average molecular weight is 190 g/mol. The van der Waals surface area contributed by atoms with Crippen molar-refractivity contribution in [1.82, 2.24) is 0 Å². The molecule has 0 aliphatic rings. The summed E-state index contributed by atoms with van der Waals surface area (Å²) in [6.45, 7) is 5.72. The molecule has 0 bridgehead atoms. The van der Waals surface area contributed by atoms with E-state index >= 15 is 0 Å². The molecule has 1 aromatic carbocycles. The van der Waals surface area contributed by atoms with Gasteiger partial charge in [0.2, 0.25) is 0 Å². The fourth-order valence-corrected chi connectivity index (χ4v) is 1.49. The Morgan fingerprint density at radius 2 is 2.29 bits per heavy atom. The van der Waals surface area contributed by atoms with Crippen molar-refractivity contribution in [1.29, 1.82) is 0 Å². The molecule has 0 aliphatic heterocycles. The van der Waals surface area contributed by atoms with Gasteiger partial charge in [0.05, 0.1) is 12.7 Å². The number of methoxy groups -OCH3 is 1. The molecule has 0 saturated heterocycles. The van der Waals surface area contributed by atoms with Crippen molar-refractivity contribution in [2.75, 3.05) is 7.11 Å². The summed E-state index contributed by atoms with van der Waals surface area (Å²) >= 11 is 0. The van der Waals surface area contributed by atoms with Crippen molar-refractivity contribution in [3.63, 3.8) is 0 Å². The molecule has 1 aromatic rings. The topological polar surface area (TPSA) is 26.3 Å². The minimum Gasteiger partial charge on any atom is -0.465 e. The fraction of sp³-hybridized carbons (Fsp3) is 0.250. The minimum absolute atomic E-state index is 0.287. The Labute approximate surface area is 84.2 Å². The minimum atomic E-state index is -0.287. The summed E-state index contributed by atoms with van der Waals surface area (Å²) in [5.41, 5.74) is 2.62. The molecule has 0 saturated carbocycles. The lowest BCUT2D eigenvalue weighted by atomic mass is 9.99. The van der Waals surface area contributed by atoms with Crippen LogP contribution in [0.5, 0.6) is 0 Å². The number of ether oxygens (including phenoxy) is 1. The maximum atomic E-state index is 11.4. The van der Waals surface area contributed by atoms with Gasteiger partial charge in [0, 0.05) is 0 Å². The Morgan fingerprint density at radius 3 is 2.79 bits per heavy atom. The Hall–Kier alpha value is -1.57. The van der Waals surface area contributed by atoms with E-state index in [1.165, 1.54) is 7.11 Å². The zero-order valence-corrected chi connectivity index (χ0v) is 8.54. The second-order valence-corrected chi connectivity index (χ2v) is 2.92. The lowest BCUT2D eigenvalue weighted by molar-refractivity contribution is 0.0599. The van der Waals surface area contributed by atoms with Crippen LogP contribution >= 0.6 is 0 Å². The molecule has 0 spiro atoms. The van der Waals surface area contributed by atoms with Gasteiger partial charge in [-0.05, 0) is 23.6 Å². The van der Waals surface area contributed by atoms with Crippen LogP contribution in [0.25, 0.3) is 6.08 Å². The third-order valence-electron chi connectivity index (χ3n) is 2.19. The van der Waals surface area contributed by atoms with E-state index in [9.17, 15) is 4.79 Å². The summed E-state index contributed by atoms with van der Waals surface area (Å²) in [7, 11) is 1.39. The maximum Gasteiger partial charge on any atom is 0.338 e. The van der Waals surface area contributed by atoms with E-state index in [1.807, 2.05) is 19.1 Å². The van der Waals surface area contributed by atoms with Crippen LogP contribution in [0.1, 0.15) is 28.4 Å². The standard InChI is InChI=1S/C12H14O2/c1-4-9-7-6-8-11(10(9)5-2)12(13)14-3/h4,6-8H,1,5H2,2-3H3. The molecule has 2 heteroatoms. The molecular weight excluding hydrogens is 176 g/mol. The highest BCUT2D eigenvalue weighted by molar-refractivity contribution is 5.92.